The monoisotopic (exact) mass is 278 g/mol. The molecule has 3 N–H and O–H groups in total. The van der Waals surface area contributed by atoms with Gasteiger partial charge < -0.3 is 10.4 Å². The van der Waals surface area contributed by atoms with Gasteiger partial charge in [-0.15, -0.1) is 0 Å². The van der Waals surface area contributed by atoms with E-state index >= 15 is 0 Å². The van der Waals surface area contributed by atoms with Gasteiger partial charge in [-0.05, 0) is 18.2 Å². The minimum absolute atomic E-state index is 0.255. The van der Waals surface area contributed by atoms with Gasteiger partial charge >= 0.3 is 12.0 Å². The van der Waals surface area contributed by atoms with Gasteiger partial charge in [-0.2, -0.15) is 0 Å². The topological polar surface area (TPSA) is 87.7 Å². The number of aliphatic carboxylic acids is 1. The first-order valence-electron chi connectivity index (χ1n) is 4.34. The van der Waals surface area contributed by atoms with Crippen molar-refractivity contribution in [2.75, 3.05) is 11.9 Å². The maximum Gasteiger partial charge on any atom is 0.343 e. The normalized spacial score (nSPS) is 9.76. The van der Waals surface area contributed by atoms with Crippen LogP contribution in [0.4, 0.5) is 10.5 Å². The molecule has 2 amide bonds. The van der Waals surface area contributed by atoms with Gasteiger partial charge in [-0.3, -0.25) is 4.84 Å². The fourth-order valence-corrected chi connectivity index (χ4v) is 1.36. The minimum atomic E-state index is -1.20. The summed E-state index contributed by atoms with van der Waals surface area (Å²) in [4.78, 5) is 25.7. The zero-order valence-corrected chi connectivity index (χ0v) is 9.88. The molecule has 1 aromatic carbocycles. The molecule has 0 fully saturated rings. The van der Waals surface area contributed by atoms with Gasteiger partial charge in [0.1, 0.15) is 0 Å². The van der Waals surface area contributed by atoms with Gasteiger partial charge in [-0.1, -0.05) is 23.2 Å². The predicted octanol–water partition coefficient (Wildman–Crippen LogP) is 2.13. The van der Waals surface area contributed by atoms with Gasteiger partial charge in [0, 0.05) is 5.02 Å². The molecular weight excluding hydrogens is 271 g/mol. The first-order valence-corrected chi connectivity index (χ1v) is 5.10. The van der Waals surface area contributed by atoms with Gasteiger partial charge in [0.15, 0.2) is 6.61 Å². The Kier molecular flexibility index (Phi) is 5.02. The van der Waals surface area contributed by atoms with Crippen molar-refractivity contribution in [1.82, 2.24) is 5.48 Å². The standard InChI is InChI=1S/C9H8Cl2N2O4/c10-5-1-2-7(6(11)3-5)12-9(16)13-17-4-8(14)15/h1-3H,4H2,(H,14,15)(H2,12,13,16). The maximum absolute atomic E-state index is 11.2. The molecule has 0 aliphatic carbocycles. The van der Waals surface area contributed by atoms with Gasteiger partial charge in [-0.25, -0.2) is 15.1 Å². The van der Waals surface area contributed by atoms with Crippen molar-refractivity contribution in [3.8, 4) is 0 Å². The summed E-state index contributed by atoms with van der Waals surface area (Å²) in [6.07, 6.45) is 0. The van der Waals surface area contributed by atoms with Crippen molar-refractivity contribution in [2.24, 2.45) is 0 Å². The molecule has 0 atom stereocenters. The van der Waals surface area contributed by atoms with Crippen molar-refractivity contribution in [1.29, 1.82) is 0 Å². The van der Waals surface area contributed by atoms with Crippen LogP contribution in [0.15, 0.2) is 18.2 Å². The molecule has 92 valence electrons. The largest absolute Gasteiger partial charge is 0.479 e. The molecule has 0 heterocycles. The Morgan fingerprint density at radius 3 is 2.65 bits per heavy atom. The Bertz CT molecular complexity index is 439. The number of carbonyl (C=O) groups excluding carboxylic acids is 1. The molecule has 0 aromatic heterocycles. The summed E-state index contributed by atoms with van der Waals surface area (Å²) >= 11 is 11.5. The zero-order chi connectivity index (χ0) is 12.8. The third-order valence-electron chi connectivity index (χ3n) is 1.54. The molecule has 17 heavy (non-hydrogen) atoms. The number of carboxylic acid groups (broad SMARTS) is 1. The lowest BCUT2D eigenvalue weighted by Crippen LogP contribution is -2.30. The van der Waals surface area contributed by atoms with E-state index in [4.69, 9.17) is 28.3 Å². The fraction of sp³-hybridized carbons (Fsp3) is 0.111. The summed E-state index contributed by atoms with van der Waals surface area (Å²) in [5.74, 6) is -1.20. The Hall–Kier alpha value is -1.50. The zero-order valence-electron chi connectivity index (χ0n) is 8.37. The molecule has 0 aliphatic rings. The summed E-state index contributed by atoms with van der Waals surface area (Å²) in [6, 6.07) is 3.76. The summed E-state index contributed by atoms with van der Waals surface area (Å²) in [5.41, 5.74) is 2.21. The summed E-state index contributed by atoms with van der Waals surface area (Å²) in [6.45, 7) is -0.637. The molecule has 0 radical (unpaired) electrons. The van der Waals surface area contributed by atoms with Crippen LogP contribution in [0, 0.1) is 0 Å². The second-order valence-corrected chi connectivity index (χ2v) is 3.71. The lowest BCUT2D eigenvalue weighted by atomic mass is 10.3. The number of hydrogen-bond acceptors (Lipinski definition) is 3. The van der Waals surface area contributed by atoms with Crippen LogP contribution in [0.3, 0.4) is 0 Å². The molecule has 8 heteroatoms. The van der Waals surface area contributed by atoms with E-state index in [1.54, 1.807) is 6.07 Å². The van der Waals surface area contributed by atoms with E-state index in [1.807, 2.05) is 5.48 Å². The molecule has 0 bridgehead atoms. The maximum atomic E-state index is 11.2. The van der Waals surface area contributed by atoms with Crippen molar-refractivity contribution < 1.29 is 19.5 Å². The van der Waals surface area contributed by atoms with Crippen LogP contribution in [0.2, 0.25) is 10.0 Å². The molecule has 0 spiro atoms. The van der Waals surface area contributed by atoms with E-state index in [2.05, 4.69) is 10.2 Å². The summed E-state index contributed by atoms with van der Waals surface area (Å²) in [7, 11) is 0. The number of rotatable bonds is 4. The Morgan fingerprint density at radius 1 is 1.35 bits per heavy atom. The van der Waals surface area contributed by atoms with E-state index < -0.39 is 18.6 Å². The Labute approximate surface area is 106 Å². The number of hydroxylamine groups is 1. The van der Waals surface area contributed by atoms with Crippen LogP contribution in [-0.4, -0.2) is 23.7 Å². The number of carboxylic acids is 1. The van der Waals surface area contributed by atoms with E-state index in [0.29, 0.717) is 10.7 Å². The molecule has 1 aromatic rings. The second-order valence-electron chi connectivity index (χ2n) is 2.86. The van der Waals surface area contributed by atoms with Crippen molar-refractivity contribution in [2.45, 2.75) is 0 Å². The number of benzene rings is 1. The third kappa shape index (κ3) is 4.90. The second kappa shape index (κ2) is 6.29. The van der Waals surface area contributed by atoms with Crippen LogP contribution < -0.4 is 10.8 Å². The lowest BCUT2D eigenvalue weighted by Gasteiger charge is -2.08. The Morgan fingerprint density at radius 2 is 2.06 bits per heavy atom. The number of urea groups is 1. The smallest absolute Gasteiger partial charge is 0.343 e. The average molecular weight is 279 g/mol. The van der Waals surface area contributed by atoms with Crippen molar-refractivity contribution in [3.63, 3.8) is 0 Å². The van der Waals surface area contributed by atoms with Crippen LogP contribution in [0.5, 0.6) is 0 Å². The van der Waals surface area contributed by atoms with Gasteiger partial charge in [0.05, 0.1) is 10.7 Å². The van der Waals surface area contributed by atoms with Crippen molar-refractivity contribution in [3.05, 3.63) is 28.2 Å². The highest BCUT2D eigenvalue weighted by Crippen LogP contribution is 2.25. The number of halogens is 2. The number of amides is 2. The summed E-state index contributed by atoms with van der Waals surface area (Å²) < 4.78 is 0. The molecule has 6 nitrogen and oxygen atoms in total. The molecule has 0 saturated heterocycles. The third-order valence-corrected chi connectivity index (χ3v) is 2.09. The van der Waals surface area contributed by atoms with Crippen molar-refractivity contribution >= 4 is 40.9 Å². The molecule has 0 unspecified atom stereocenters. The SMILES string of the molecule is O=C(O)CONC(=O)Nc1ccc(Cl)cc1Cl. The summed E-state index contributed by atoms with van der Waals surface area (Å²) in [5, 5.41) is 11.3. The quantitative estimate of drug-likeness (QED) is 0.737. The van der Waals surface area contributed by atoms with Gasteiger partial charge in [0.2, 0.25) is 0 Å². The highest BCUT2D eigenvalue weighted by Gasteiger charge is 2.06. The molecule has 1 rings (SSSR count). The molecular formula is C9H8Cl2N2O4. The lowest BCUT2D eigenvalue weighted by molar-refractivity contribution is -0.143. The fourth-order valence-electron chi connectivity index (χ4n) is 0.902. The van der Waals surface area contributed by atoms with E-state index in [9.17, 15) is 9.59 Å². The van der Waals surface area contributed by atoms with E-state index in [1.165, 1.54) is 12.1 Å². The highest BCUT2D eigenvalue weighted by molar-refractivity contribution is 6.36. The molecule has 0 aliphatic heterocycles. The first kappa shape index (κ1) is 13.6. The minimum Gasteiger partial charge on any atom is -0.479 e. The van der Waals surface area contributed by atoms with Crippen LogP contribution >= 0.6 is 23.2 Å². The van der Waals surface area contributed by atoms with Crippen LogP contribution in [0.25, 0.3) is 0 Å². The highest BCUT2D eigenvalue weighted by atomic mass is 35.5. The average Bonchev–Trinajstić information content (AvgIpc) is 2.21. The number of nitrogens with one attached hydrogen (secondary N) is 2. The van der Waals surface area contributed by atoms with E-state index in [-0.39, 0.29) is 5.02 Å². The van der Waals surface area contributed by atoms with Crippen LogP contribution in [-0.2, 0) is 9.63 Å². The Balaban J connectivity index is 2.48. The number of carbonyl (C=O) groups is 2. The number of hydrogen-bond donors (Lipinski definition) is 3. The number of anilines is 1. The van der Waals surface area contributed by atoms with Gasteiger partial charge in [0.25, 0.3) is 0 Å². The predicted molar refractivity (Wildman–Crippen MR) is 62.2 cm³/mol. The first-order chi connectivity index (χ1) is 7.99. The van der Waals surface area contributed by atoms with E-state index in [0.717, 1.165) is 0 Å². The molecule has 0 saturated carbocycles. The van der Waals surface area contributed by atoms with Crippen LogP contribution in [0.1, 0.15) is 0 Å².